The van der Waals surface area contributed by atoms with E-state index in [4.69, 9.17) is 17.2 Å². The maximum Gasteiger partial charge on any atom is 0.327 e. The first-order valence-electron chi connectivity index (χ1n) is 9.67. The molecule has 0 spiro atoms. The maximum atomic E-state index is 13.2. The molecule has 9 heteroatoms. The van der Waals surface area contributed by atoms with E-state index in [1.165, 1.54) is 0 Å². The summed E-state index contributed by atoms with van der Waals surface area (Å²) in [6.45, 7) is 0. The lowest BCUT2D eigenvalue weighted by Crippen LogP contribution is -2.59. The number of imide groups is 1. The Balaban J connectivity index is 2.37. The SMILES string of the molecule is NC(=O)CC(N)C(=O)N(C(=O)C(N)Cc1ccccc1)C(Cc1ccccc1)C(=O)O. The Labute approximate surface area is 179 Å². The number of aliphatic carboxylic acids is 1. The Morgan fingerprint density at radius 1 is 0.774 bits per heavy atom. The highest BCUT2D eigenvalue weighted by Crippen LogP contribution is 2.15. The van der Waals surface area contributed by atoms with Gasteiger partial charge in [-0.05, 0) is 17.5 Å². The van der Waals surface area contributed by atoms with Crippen LogP contribution in [0.4, 0.5) is 0 Å². The van der Waals surface area contributed by atoms with Crippen molar-refractivity contribution in [2.75, 3.05) is 0 Å². The molecule has 31 heavy (non-hydrogen) atoms. The molecule has 0 saturated carbocycles. The molecule has 2 rings (SSSR count). The highest BCUT2D eigenvalue weighted by molar-refractivity contribution is 6.04. The van der Waals surface area contributed by atoms with E-state index in [9.17, 15) is 24.3 Å². The molecule has 2 aromatic carbocycles. The van der Waals surface area contributed by atoms with Gasteiger partial charge in [0.2, 0.25) is 17.7 Å². The van der Waals surface area contributed by atoms with E-state index in [0.717, 1.165) is 5.56 Å². The lowest BCUT2D eigenvalue weighted by atomic mass is 10.00. The number of nitrogens with zero attached hydrogens (tertiary/aromatic N) is 1. The second-order valence-corrected chi connectivity index (χ2v) is 7.16. The van der Waals surface area contributed by atoms with Crippen LogP contribution in [0.2, 0.25) is 0 Å². The van der Waals surface area contributed by atoms with Crippen molar-refractivity contribution in [2.45, 2.75) is 37.4 Å². The molecular formula is C22H26N4O5. The number of carbonyl (C=O) groups is 4. The number of carbonyl (C=O) groups excluding carboxylic acids is 3. The summed E-state index contributed by atoms with van der Waals surface area (Å²) in [5.41, 5.74) is 18.3. The first kappa shape index (κ1) is 23.7. The van der Waals surface area contributed by atoms with E-state index in [1.807, 2.05) is 0 Å². The normalized spacial score (nSPS) is 13.6. The summed E-state index contributed by atoms with van der Waals surface area (Å²) < 4.78 is 0. The molecule has 7 N–H and O–H groups in total. The van der Waals surface area contributed by atoms with Gasteiger partial charge in [0, 0.05) is 6.42 Å². The standard InChI is InChI=1S/C22H26N4O5/c23-16(11-14-7-3-1-4-8-14)20(28)26(21(29)17(24)13-19(25)27)18(22(30)31)12-15-9-5-2-6-10-15/h1-10,16-18H,11-13,23-24H2,(H2,25,27)(H,30,31). The van der Waals surface area contributed by atoms with Gasteiger partial charge in [0.15, 0.2) is 0 Å². The molecule has 0 aliphatic heterocycles. The molecule has 0 aromatic heterocycles. The number of primary amides is 1. The van der Waals surface area contributed by atoms with E-state index in [2.05, 4.69) is 0 Å². The Hall–Kier alpha value is -3.56. The highest BCUT2D eigenvalue weighted by atomic mass is 16.4. The minimum Gasteiger partial charge on any atom is -0.480 e. The molecular weight excluding hydrogens is 400 g/mol. The third-order valence-electron chi connectivity index (χ3n) is 4.70. The van der Waals surface area contributed by atoms with Crippen molar-refractivity contribution >= 4 is 23.7 Å². The van der Waals surface area contributed by atoms with Gasteiger partial charge in [0.25, 0.3) is 0 Å². The minimum absolute atomic E-state index is 0.0895. The maximum absolute atomic E-state index is 13.2. The van der Waals surface area contributed by atoms with Gasteiger partial charge in [-0.25, -0.2) is 4.79 Å². The Bertz CT molecular complexity index is 920. The number of nitrogens with two attached hydrogens (primary N) is 3. The second-order valence-electron chi connectivity index (χ2n) is 7.16. The predicted molar refractivity (Wildman–Crippen MR) is 113 cm³/mol. The topological polar surface area (TPSA) is 170 Å². The summed E-state index contributed by atoms with van der Waals surface area (Å²) in [5, 5.41) is 9.82. The fourth-order valence-corrected chi connectivity index (χ4v) is 3.16. The first-order chi connectivity index (χ1) is 14.7. The molecule has 164 valence electrons. The summed E-state index contributed by atoms with van der Waals surface area (Å²) in [4.78, 5) is 50.0. The van der Waals surface area contributed by atoms with Gasteiger partial charge in [-0.2, -0.15) is 0 Å². The summed E-state index contributed by atoms with van der Waals surface area (Å²) in [7, 11) is 0. The van der Waals surface area contributed by atoms with Crippen molar-refractivity contribution in [1.82, 2.24) is 4.90 Å². The molecule has 3 atom stereocenters. The second kappa shape index (κ2) is 11.0. The van der Waals surface area contributed by atoms with Crippen molar-refractivity contribution in [3.63, 3.8) is 0 Å². The zero-order valence-corrected chi connectivity index (χ0v) is 16.9. The average molecular weight is 426 g/mol. The smallest absolute Gasteiger partial charge is 0.327 e. The molecule has 0 bridgehead atoms. The van der Waals surface area contributed by atoms with Gasteiger partial charge in [-0.1, -0.05) is 60.7 Å². The van der Waals surface area contributed by atoms with Crippen molar-refractivity contribution in [1.29, 1.82) is 0 Å². The van der Waals surface area contributed by atoms with Crippen LogP contribution in [0.15, 0.2) is 60.7 Å². The van der Waals surface area contributed by atoms with Crippen molar-refractivity contribution in [2.24, 2.45) is 17.2 Å². The zero-order valence-electron chi connectivity index (χ0n) is 16.9. The molecule has 2 aromatic rings. The number of rotatable bonds is 10. The molecule has 9 nitrogen and oxygen atoms in total. The molecule has 0 aliphatic rings. The Kier molecular flexibility index (Phi) is 8.42. The van der Waals surface area contributed by atoms with Crippen LogP contribution in [0.5, 0.6) is 0 Å². The Morgan fingerprint density at radius 2 is 1.23 bits per heavy atom. The summed E-state index contributed by atoms with van der Waals surface area (Å²) in [6, 6.07) is 13.2. The van der Waals surface area contributed by atoms with Crippen LogP contribution >= 0.6 is 0 Å². The molecule has 0 heterocycles. The summed E-state index contributed by atoms with van der Waals surface area (Å²) in [5.74, 6) is -4.16. The average Bonchev–Trinajstić information content (AvgIpc) is 2.73. The van der Waals surface area contributed by atoms with E-state index >= 15 is 0 Å². The third kappa shape index (κ3) is 6.73. The number of hydrogen-bond acceptors (Lipinski definition) is 6. The zero-order chi connectivity index (χ0) is 23.0. The lowest BCUT2D eigenvalue weighted by Gasteiger charge is -2.31. The number of amides is 3. The van der Waals surface area contributed by atoms with Crippen LogP contribution in [0.25, 0.3) is 0 Å². The van der Waals surface area contributed by atoms with Crippen LogP contribution in [0.3, 0.4) is 0 Å². The fourth-order valence-electron chi connectivity index (χ4n) is 3.16. The van der Waals surface area contributed by atoms with E-state index in [0.29, 0.717) is 10.5 Å². The molecule has 3 amide bonds. The predicted octanol–water partition coefficient (Wildman–Crippen LogP) is -0.190. The Morgan fingerprint density at radius 3 is 1.68 bits per heavy atom. The quantitative estimate of drug-likeness (QED) is 0.408. The number of carboxylic acid groups (broad SMARTS) is 1. The molecule has 0 fully saturated rings. The lowest BCUT2D eigenvalue weighted by molar-refractivity contribution is -0.159. The molecule has 0 radical (unpaired) electrons. The summed E-state index contributed by atoms with van der Waals surface area (Å²) >= 11 is 0. The van der Waals surface area contributed by atoms with Gasteiger partial charge < -0.3 is 22.3 Å². The van der Waals surface area contributed by atoms with Crippen molar-refractivity contribution in [3.05, 3.63) is 71.8 Å². The third-order valence-corrected chi connectivity index (χ3v) is 4.70. The van der Waals surface area contributed by atoms with Crippen LogP contribution < -0.4 is 17.2 Å². The van der Waals surface area contributed by atoms with Crippen molar-refractivity contribution < 1.29 is 24.3 Å². The number of carboxylic acids is 1. The van der Waals surface area contributed by atoms with Crippen LogP contribution in [-0.2, 0) is 32.0 Å². The van der Waals surface area contributed by atoms with E-state index < -0.39 is 48.2 Å². The number of hydrogen-bond donors (Lipinski definition) is 4. The number of benzene rings is 2. The van der Waals surface area contributed by atoms with Crippen molar-refractivity contribution in [3.8, 4) is 0 Å². The van der Waals surface area contributed by atoms with Crippen LogP contribution in [0.1, 0.15) is 17.5 Å². The van der Waals surface area contributed by atoms with Crippen LogP contribution in [-0.4, -0.2) is 51.8 Å². The van der Waals surface area contributed by atoms with Gasteiger partial charge >= 0.3 is 5.97 Å². The van der Waals surface area contributed by atoms with Crippen LogP contribution in [0, 0.1) is 0 Å². The largest absolute Gasteiger partial charge is 0.480 e. The van der Waals surface area contributed by atoms with Gasteiger partial charge in [-0.15, -0.1) is 0 Å². The molecule has 3 unspecified atom stereocenters. The monoisotopic (exact) mass is 426 g/mol. The van der Waals surface area contributed by atoms with E-state index in [-0.39, 0.29) is 12.8 Å². The summed E-state index contributed by atoms with van der Waals surface area (Å²) in [6.07, 6.45) is -0.588. The fraction of sp³-hybridized carbons (Fsp3) is 0.273. The minimum atomic E-state index is -1.55. The van der Waals surface area contributed by atoms with E-state index in [1.54, 1.807) is 60.7 Å². The molecule has 0 aliphatic carbocycles. The highest BCUT2D eigenvalue weighted by Gasteiger charge is 2.39. The first-order valence-corrected chi connectivity index (χ1v) is 9.67. The molecule has 0 saturated heterocycles. The van der Waals surface area contributed by atoms with Gasteiger partial charge in [0.05, 0.1) is 18.5 Å². The van der Waals surface area contributed by atoms with Gasteiger partial charge in [0.1, 0.15) is 6.04 Å². The van der Waals surface area contributed by atoms with Gasteiger partial charge in [-0.3, -0.25) is 19.3 Å².